The Kier molecular flexibility index (Phi) is 6.34. The Morgan fingerprint density at radius 1 is 1.39 bits per heavy atom. The lowest BCUT2D eigenvalue weighted by Crippen LogP contribution is -2.66. The van der Waals surface area contributed by atoms with Crippen LogP contribution in [0.5, 0.6) is 0 Å². The number of non-ortho nitro benzene ring substituents is 1. The van der Waals surface area contributed by atoms with Crippen molar-refractivity contribution in [2.24, 2.45) is 11.8 Å². The van der Waals surface area contributed by atoms with Crippen LogP contribution in [-0.2, 0) is 25.7 Å². The van der Waals surface area contributed by atoms with Gasteiger partial charge in [-0.05, 0) is 24.6 Å². The summed E-state index contributed by atoms with van der Waals surface area (Å²) in [6, 6.07) is 4.50. The predicted molar refractivity (Wildman–Crippen MR) is 92.8 cm³/mol. The maximum Gasteiger partial charge on any atom is 0.441 e. The van der Waals surface area contributed by atoms with Crippen molar-refractivity contribution in [1.82, 2.24) is 5.32 Å². The molecule has 1 aliphatic rings. The Morgan fingerprint density at radius 3 is 2.46 bits per heavy atom. The van der Waals surface area contributed by atoms with Gasteiger partial charge in [0.1, 0.15) is 6.61 Å². The van der Waals surface area contributed by atoms with Crippen LogP contribution in [0.4, 0.5) is 5.69 Å². The average molecular weight is 392 g/mol. The molecule has 1 heterocycles. The molecule has 1 fully saturated rings. The van der Waals surface area contributed by atoms with Gasteiger partial charge in [0.15, 0.2) is 0 Å². The van der Waals surface area contributed by atoms with Gasteiger partial charge in [0.2, 0.25) is 5.91 Å². The summed E-state index contributed by atoms with van der Waals surface area (Å²) in [6.45, 7) is 2.54. The number of rotatable bonds is 8. The van der Waals surface area contributed by atoms with Gasteiger partial charge in [-0.2, -0.15) is 4.79 Å². The number of esters is 1. The summed E-state index contributed by atoms with van der Waals surface area (Å²) in [7, 11) is 0. The number of aliphatic hydroxyl groups excluding tert-OH is 1. The van der Waals surface area contributed by atoms with Crippen molar-refractivity contribution in [1.29, 1.82) is 0 Å². The Morgan fingerprint density at radius 2 is 2.00 bits per heavy atom. The van der Waals surface area contributed by atoms with Gasteiger partial charge in [0.05, 0.1) is 23.0 Å². The fourth-order valence-electron chi connectivity index (χ4n) is 2.87. The van der Waals surface area contributed by atoms with Crippen LogP contribution in [0.2, 0.25) is 0 Å². The summed E-state index contributed by atoms with van der Waals surface area (Å²) >= 11 is 0. The number of nitrogens with one attached hydrogen (secondary N) is 1. The standard InChI is InChI=1S/C17H18N4O7/c1-8(13-12(9(2)22)16(24)19-13)15(23)14(20-18)17(25)28-7-10-3-5-11(6-4-10)21(26)27/h3-6,8-9,12-13,22H,7H2,1-2H3,(H,19,24)/t8-,9-,12-,13-/m1/s1/i14+2. The van der Waals surface area contributed by atoms with Gasteiger partial charge in [-0.15, -0.1) is 0 Å². The molecule has 0 spiro atoms. The number of carbonyl (C=O) groups excluding carboxylic acids is 3. The first kappa shape index (κ1) is 20.9. The highest BCUT2D eigenvalue weighted by molar-refractivity contribution is 6.62. The van der Waals surface area contributed by atoms with E-state index < -0.39 is 52.3 Å². The maximum atomic E-state index is 12.5. The minimum atomic E-state index is -1.18. The zero-order chi connectivity index (χ0) is 21.0. The molecule has 11 heteroatoms. The van der Waals surface area contributed by atoms with Crippen LogP contribution in [0, 0.1) is 22.0 Å². The highest BCUT2D eigenvalue weighted by Gasteiger charge is 2.50. The van der Waals surface area contributed by atoms with Crippen molar-refractivity contribution in [2.45, 2.75) is 32.6 Å². The van der Waals surface area contributed by atoms with E-state index in [0.29, 0.717) is 5.56 Å². The second-order valence-electron chi connectivity index (χ2n) is 6.40. The van der Waals surface area contributed by atoms with Gasteiger partial charge in [-0.25, -0.2) is 4.79 Å². The summed E-state index contributed by atoms with van der Waals surface area (Å²) in [6.07, 6.45) is -0.988. The molecule has 4 atom stereocenters. The molecule has 1 amide bonds. The smallest absolute Gasteiger partial charge is 0.441 e. The van der Waals surface area contributed by atoms with Gasteiger partial charge in [-0.3, -0.25) is 19.7 Å². The number of ketones is 1. The third-order valence-corrected chi connectivity index (χ3v) is 4.51. The van der Waals surface area contributed by atoms with Gasteiger partial charge in [0, 0.05) is 18.1 Å². The van der Waals surface area contributed by atoms with Crippen LogP contribution in [0.25, 0.3) is 5.53 Å². The molecule has 148 valence electrons. The topological polar surface area (TPSA) is 172 Å². The molecular weight excluding hydrogens is 374 g/mol. The molecule has 0 bridgehead atoms. The number of Topliss-reactive ketones (excluding diaryl/α,β-unsaturated/α-hetero) is 1. The quantitative estimate of drug-likeness (QED) is 0.0916. The van der Waals surface area contributed by atoms with E-state index in [4.69, 9.17) is 10.3 Å². The lowest BCUT2D eigenvalue weighted by atomic mass is 9.78. The molecular formula is C17H18N4O7. The van der Waals surface area contributed by atoms with Gasteiger partial charge in [0.25, 0.3) is 11.5 Å². The fraction of sp³-hybridized carbons (Fsp3) is 0.412. The van der Waals surface area contributed by atoms with E-state index in [0.717, 1.165) is 0 Å². The number of hydrogen-bond acceptors (Lipinski definition) is 7. The van der Waals surface area contributed by atoms with E-state index in [-0.39, 0.29) is 12.3 Å². The number of nitro benzene ring substituents is 1. The number of nitrogens with zero attached hydrogens (tertiary/aromatic N) is 3. The highest BCUT2D eigenvalue weighted by Crippen LogP contribution is 2.26. The lowest BCUT2D eigenvalue weighted by Gasteiger charge is -2.40. The zero-order valence-electron chi connectivity index (χ0n) is 15.1. The van der Waals surface area contributed by atoms with Crippen molar-refractivity contribution in [3.63, 3.8) is 0 Å². The van der Waals surface area contributed by atoms with E-state index in [1.807, 2.05) is 0 Å². The monoisotopic (exact) mass is 392 g/mol. The molecule has 2 N–H and O–H groups in total. The molecule has 0 aliphatic carbocycles. The van der Waals surface area contributed by atoms with Crippen molar-refractivity contribution >= 4 is 29.1 Å². The zero-order valence-corrected chi connectivity index (χ0v) is 15.1. The van der Waals surface area contributed by atoms with E-state index in [1.165, 1.54) is 38.1 Å². The third-order valence-electron chi connectivity index (χ3n) is 4.51. The first-order valence-corrected chi connectivity index (χ1v) is 8.32. The van der Waals surface area contributed by atoms with E-state index in [2.05, 4.69) is 10.1 Å². The number of nitro groups is 1. The Bertz CT molecular complexity index is 859. The van der Waals surface area contributed by atoms with Crippen LogP contribution in [0.3, 0.4) is 0 Å². The normalized spacial score (nSPS) is 20.0. The Balaban J connectivity index is 2.00. The largest absolute Gasteiger partial charge is 0.452 e. The first-order valence-electron chi connectivity index (χ1n) is 8.32. The van der Waals surface area contributed by atoms with Crippen molar-refractivity contribution in [2.75, 3.05) is 0 Å². The third kappa shape index (κ3) is 4.27. The Labute approximate surface area is 159 Å². The molecule has 2 rings (SSSR count). The van der Waals surface area contributed by atoms with E-state index in [1.54, 1.807) is 0 Å². The number of aliphatic hydroxyl groups is 1. The fourth-order valence-corrected chi connectivity index (χ4v) is 2.87. The SMILES string of the molecule is C[C@@H](O)[C@H]1C(=O)N[C@@H]1[C@@H](C)C(=O)[14C](=[N+]=[N-])C(=O)OCc1ccc([N+](=O)[O-])cc1. The molecule has 11 nitrogen and oxygen atoms in total. The van der Waals surface area contributed by atoms with Gasteiger partial charge in [-0.1, -0.05) is 6.92 Å². The first-order chi connectivity index (χ1) is 13.2. The second kappa shape index (κ2) is 8.51. The van der Waals surface area contributed by atoms with E-state index >= 15 is 0 Å². The number of amides is 1. The lowest BCUT2D eigenvalue weighted by molar-refractivity contribution is -0.384. The average Bonchev–Trinajstić information content (AvgIpc) is 2.63. The van der Waals surface area contributed by atoms with Gasteiger partial charge < -0.3 is 20.7 Å². The number of hydrogen-bond donors (Lipinski definition) is 2. The number of carbonyl (C=O) groups is 3. The minimum Gasteiger partial charge on any atom is -0.452 e. The summed E-state index contributed by atoms with van der Waals surface area (Å²) in [4.78, 5) is 48.8. The highest BCUT2D eigenvalue weighted by atomic mass is 16.6. The second-order valence-corrected chi connectivity index (χ2v) is 6.40. The van der Waals surface area contributed by atoms with Crippen LogP contribution in [0.15, 0.2) is 24.3 Å². The van der Waals surface area contributed by atoms with Crippen LogP contribution in [-0.4, -0.2) is 50.3 Å². The van der Waals surface area contributed by atoms with Crippen LogP contribution < -0.4 is 5.32 Å². The molecule has 1 aromatic carbocycles. The van der Waals surface area contributed by atoms with Crippen molar-refractivity contribution in [3.8, 4) is 0 Å². The molecule has 1 aromatic rings. The molecule has 0 aromatic heterocycles. The van der Waals surface area contributed by atoms with Crippen LogP contribution >= 0.6 is 0 Å². The number of benzene rings is 1. The van der Waals surface area contributed by atoms with E-state index in [9.17, 15) is 29.6 Å². The summed E-state index contributed by atoms with van der Waals surface area (Å²) in [5.74, 6) is -4.20. The Hall–Kier alpha value is -3.43. The molecule has 0 saturated carbocycles. The molecule has 1 saturated heterocycles. The molecule has 0 radical (unpaired) electrons. The molecule has 1 aliphatic heterocycles. The number of β-lactam (4-membered cyclic amide) rings is 1. The summed E-state index contributed by atoms with van der Waals surface area (Å²) in [5.41, 5.74) is 8.51. The van der Waals surface area contributed by atoms with Crippen molar-refractivity contribution in [3.05, 3.63) is 45.5 Å². The van der Waals surface area contributed by atoms with Crippen LogP contribution in [0.1, 0.15) is 19.4 Å². The minimum absolute atomic E-state index is 0.132. The maximum absolute atomic E-state index is 12.5. The molecule has 0 unspecified atom stereocenters. The number of ether oxygens (including phenoxy) is 1. The van der Waals surface area contributed by atoms with Gasteiger partial charge >= 0.3 is 11.7 Å². The summed E-state index contributed by atoms with van der Waals surface area (Å²) in [5, 5.41) is 22.7. The van der Waals surface area contributed by atoms with Crippen molar-refractivity contribution < 1.29 is 33.9 Å². The summed E-state index contributed by atoms with van der Waals surface area (Å²) < 4.78 is 4.92. The molecule has 28 heavy (non-hydrogen) atoms. The predicted octanol–water partition coefficient (Wildman–Crippen LogP) is 0.00940.